The topological polar surface area (TPSA) is 110 Å². The van der Waals surface area contributed by atoms with Crippen molar-refractivity contribution in [1.82, 2.24) is 9.21 Å². The van der Waals surface area contributed by atoms with Crippen LogP contribution in [0.5, 0.6) is 0 Å². The van der Waals surface area contributed by atoms with E-state index in [1.165, 1.54) is 4.31 Å². The molecule has 0 amide bonds. The van der Waals surface area contributed by atoms with Gasteiger partial charge in [0.2, 0.25) is 0 Å². The largest absolute Gasteiger partial charge is 0.385 e. The summed E-state index contributed by atoms with van der Waals surface area (Å²) in [6.45, 7) is 3.14. The van der Waals surface area contributed by atoms with Gasteiger partial charge in [-0.2, -0.15) is 4.31 Å². The molecule has 0 saturated carbocycles. The Kier molecular flexibility index (Phi) is 6.08. The summed E-state index contributed by atoms with van der Waals surface area (Å²) in [4.78, 5) is 12.0. The van der Waals surface area contributed by atoms with Crippen LogP contribution in [-0.2, 0) is 10.0 Å². The molecule has 1 aromatic heterocycles. The predicted molar refractivity (Wildman–Crippen MR) is 83.0 cm³/mol. The molecule has 21 heavy (non-hydrogen) atoms. The van der Waals surface area contributed by atoms with Crippen molar-refractivity contribution in [3.63, 3.8) is 0 Å². The van der Waals surface area contributed by atoms with Gasteiger partial charge in [-0.05, 0) is 20.5 Å². The highest BCUT2D eigenvalue weighted by atomic mass is 32.2. The Hall–Kier alpha value is -1.23. The first kappa shape index (κ1) is 17.8. The second kappa shape index (κ2) is 7.16. The van der Waals surface area contributed by atoms with Gasteiger partial charge < -0.3 is 10.6 Å². The first-order valence-electron chi connectivity index (χ1n) is 6.38. The molecule has 2 N–H and O–H groups in total. The number of likely N-dealkylation sites (N-methyl/N-ethyl adjacent to an activating group) is 1. The molecule has 0 unspecified atom stereocenters. The van der Waals surface area contributed by atoms with Crippen LogP contribution in [0.1, 0.15) is 13.3 Å². The Bertz CT molecular complexity index is 597. The standard InChI is InChI=1S/C11H20N4O4S2/c1-4-5-14(7-6-13(2)3)21(18,19)10-8-9(15(16)17)11(12)20-10/h8H,4-7,12H2,1-3H3. The zero-order valence-electron chi connectivity index (χ0n) is 12.3. The molecule has 1 heterocycles. The second-order valence-corrected chi connectivity index (χ2v) is 8.03. The van der Waals surface area contributed by atoms with E-state index in [4.69, 9.17) is 5.73 Å². The summed E-state index contributed by atoms with van der Waals surface area (Å²) in [5.41, 5.74) is 5.16. The summed E-state index contributed by atoms with van der Waals surface area (Å²) in [6, 6.07) is 1.04. The van der Waals surface area contributed by atoms with Crippen LogP contribution in [0.2, 0.25) is 0 Å². The van der Waals surface area contributed by atoms with Crippen molar-refractivity contribution in [1.29, 1.82) is 0 Å². The highest BCUT2D eigenvalue weighted by Crippen LogP contribution is 2.35. The lowest BCUT2D eigenvalue weighted by Gasteiger charge is -2.22. The van der Waals surface area contributed by atoms with E-state index in [9.17, 15) is 18.5 Å². The van der Waals surface area contributed by atoms with Gasteiger partial charge in [-0.15, -0.1) is 0 Å². The van der Waals surface area contributed by atoms with Crippen molar-refractivity contribution >= 4 is 32.0 Å². The number of nitrogens with zero attached hydrogens (tertiary/aromatic N) is 3. The maximum absolute atomic E-state index is 12.6. The van der Waals surface area contributed by atoms with Crippen molar-refractivity contribution in [2.75, 3.05) is 39.5 Å². The predicted octanol–water partition coefficient (Wildman–Crippen LogP) is 1.20. The SMILES string of the molecule is CCCN(CCN(C)C)S(=O)(=O)c1cc([N+](=O)[O-])c(N)s1. The monoisotopic (exact) mass is 336 g/mol. The van der Waals surface area contributed by atoms with E-state index in [0.29, 0.717) is 26.1 Å². The number of nitro groups is 1. The molecular formula is C11H20N4O4S2. The van der Waals surface area contributed by atoms with Gasteiger partial charge in [-0.25, -0.2) is 8.42 Å². The van der Waals surface area contributed by atoms with E-state index in [0.717, 1.165) is 17.4 Å². The van der Waals surface area contributed by atoms with Gasteiger partial charge >= 0.3 is 5.69 Å². The summed E-state index contributed by atoms with van der Waals surface area (Å²) in [7, 11) is -0.0495. The van der Waals surface area contributed by atoms with Crippen LogP contribution in [0, 0.1) is 10.1 Å². The fraction of sp³-hybridized carbons (Fsp3) is 0.636. The first-order valence-corrected chi connectivity index (χ1v) is 8.64. The molecule has 0 aliphatic heterocycles. The maximum Gasteiger partial charge on any atom is 0.304 e. The van der Waals surface area contributed by atoms with Crippen LogP contribution in [0.25, 0.3) is 0 Å². The lowest BCUT2D eigenvalue weighted by Crippen LogP contribution is -2.36. The van der Waals surface area contributed by atoms with E-state index in [2.05, 4.69) is 0 Å². The Morgan fingerprint density at radius 1 is 1.33 bits per heavy atom. The minimum atomic E-state index is -3.75. The normalized spacial score (nSPS) is 12.2. The highest BCUT2D eigenvalue weighted by molar-refractivity contribution is 7.91. The zero-order valence-corrected chi connectivity index (χ0v) is 13.9. The van der Waals surface area contributed by atoms with Crippen LogP contribution in [0.4, 0.5) is 10.7 Å². The molecule has 1 rings (SSSR count). The van der Waals surface area contributed by atoms with Crippen molar-refractivity contribution in [3.8, 4) is 0 Å². The number of sulfonamides is 1. The average molecular weight is 336 g/mol. The number of rotatable bonds is 8. The van der Waals surface area contributed by atoms with Gasteiger partial charge in [0.15, 0.2) is 5.00 Å². The van der Waals surface area contributed by atoms with E-state index in [-0.39, 0.29) is 14.9 Å². The molecule has 0 fully saturated rings. The molecule has 120 valence electrons. The van der Waals surface area contributed by atoms with Crippen molar-refractivity contribution in [2.45, 2.75) is 17.6 Å². The van der Waals surface area contributed by atoms with E-state index in [1.807, 2.05) is 25.9 Å². The van der Waals surface area contributed by atoms with Crippen LogP contribution in [0.3, 0.4) is 0 Å². The fourth-order valence-electron chi connectivity index (χ4n) is 1.68. The Labute approximate surface area is 128 Å². The molecule has 0 bridgehead atoms. The van der Waals surface area contributed by atoms with Gasteiger partial charge in [0.05, 0.1) is 4.92 Å². The smallest absolute Gasteiger partial charge is 0.304 e. The second-order valence-electron chi connectivity index (χ2n) is 4.78. The average Bonchev–Trinajstić information content (AvgIpc) is 2.77. The van der Waals surface area contributed by atoms with Crippen LogP contribution in [-0.4, -0.2) is 56.3 Å². The minimum Gasteiger partial charge on any atom is -0.385 e. The summed E-state index contributed by atoms with van der Waals surface area (Å²) >= 11 is 0.731. The summed E-state index contributed by atoms with van der Waals surface area (Å²) < 4.78 is 26.4. The number of hydrogen-bond acceptors (Lipinski definition) is 7. The van der Waals surface area contributed by atoms with Crippen molar-refractivity contribution < 1.29 is 13.3 Å². The number of nitrogen functional groups attached to an aromatic ring is 1. The molecule has 0 aliphatic rings. The van der Waals surface area contributed by atoms with Gasteiger partial charge in [0.1, 0.15) is 4.21 Å². The summed E-state index contributed by atoms with van der Waals surface area (Å²) in [5.74, 6) is 0. The molecule has 8 nitrogen and oxygen atoms in total. The molecule has 10 heteroatoms. The summed E-state index contributed by atoms with van der Waals surface area (Å²) in [5, 5.41) is 10.7. The molecule has 0 aliphatic carbocycles. The molecule has 0 radical (unpaired) electrons. The lowest BCUT2D eigenvalue weighted by atomic mass is 10.4. The molecule has 1 aromatic rings. The zero-order chi connectivity index (χ0) is 16.2. The van der Waals surface area contributed by atoms with Gasteiger partial charge in [0, 0.05) is 25.7 Å². The Balaban J connectivity index is 3.10. The quantitative estimate of drug-likeness (QED) is 0.564. The van der Waals surface area contributed by atoms with Crippen LogP contribution < -0.4 is 5.73 Å². The third kappa shape index (κ3) is 4.37. The fourth-order valence-corrected chi connectivity index (χ4v) is 4.58. The number of thiophene rings is 1. The summed E-state index contributed by atoms with van der Waals surface area (Å²) in [6.07, 6.45) is 0.662. The Morgan fingerprint density at radius 2 is 1.95 bits per heavy atom. The lowest BCUT2D eigenvalue weighted by molar-refractivity contribution is -0.383. The van der Waals surface area contributed by atoms with Crippen LogP contribution in [0.15, 0.2) is 10.3 Å². The highest BCUT2D eigenvalue weighted by Gasteiger charge is 2.29. The number of hydrogen-bond donors (Lipinski definition) is 1. The molecular weight excluding hydrogens is 316 g/mol. The van der Waals surface area contributed by atoms with Gasteiger partial charge in [-0.1, -0.05) is 18.3 Å². The number of anilines is 1. The maximum atomic E-state index is 12.6. The van der Waals surface area contributed by atoms with Gasteiger partial charge in [0.25, 0.3) is 10.0 Å². The molecule has 0 saturated heterocycles. The molecule has 0 spiro atoms. The third-order valence-corrected chi connectivity index (χ3v) is 6.08. The number of nitrogens with two attached hydrogens (primary N) is 1. The van der Waals surface area contributed by atoms with Gasteiger partial charge in [-0.3, -0.25) is 10.1 Å². The van der Waals surface area contributed by atoms with Crippen LogP contribution >= 0.6 is 11.3 Å². The minimum absolute atomic E-state index is 0.0843. The molecule has 0 atom stereocenters. The van der Waals surface area contributed by atoms with Crippen molar-refractivity contribution in [3.05, 3.63) is 16.2 Å². The van der Waals surface area contributed by atoms with Crippen molar-refractivity contribution in [2.24, 2.45) is 0 Å². The van der Waals surface area contributed by atoms with E-state index in [1.54, 1.807) is 0 Å². The van der Waals surface area contributed by atoms with E-state index < -0.39 is 14.9 Å². The first-order chi connectivity index (χ1) is 9.70. The third-order valence-electron chi connectivity index (χ3n) is 2.78. The molecule has 0 aromatic carbocycles. The Morgan fingerprint density at radius 3 is 2.38 bits per heavy atom. The van der Waals surface area contributed by atoms with E-state index >= 15 is 0 Å².